The topological polar surface area (TPSA) is 3.24 Å². The molecule has 0 aliphatic carbocycles. The molecule has 1 nitrogen and oxygen atoms in total. The average molecular weight is 189 g/mol. The van der Waals surface area contributed by atoms with Crippen LogP contribution in [0.5, 0.6) is 0 Å². The maximum absolute atomic E-state index is 11.8. The summed E-state index contributed by atoms with van der Waals surface area (Å²) in [5.74, 6) is 0.857. The highest BCUT2D eigenvalue weighted by atomic mass is 19.1. The van der Waals surface area contributed by atoms with E-state index >= 15 is 0 Å². The molecule has 0 aromatic heterocycles. The van der Waals surface area contributed by atoms with Gasteiger partial charge in [0.1, 0.15) is 6.67 Å². The molecule has 0 radical (unpaired) electrons. The summed E-state index contributed by atoms with van der Waals surface area (Å²) < 4.78 is 11.8. The van der Waals surface area contributed by atoms with Gasteiger partial charge in [-0.3, -0.25) is 0 Å². The highest BCUT2D eigenvalue weighted by Crippen LogP contribution is 2.15. The highest BCUT2D eigenvalue weighted by Gasteiger charge is 2.14. The Morgan fingerprint density at radius 1 is 1.23 bits per heavy atom. The predicted molar refractivity (Wildman–Crippen MR) is 56.8 cm³/mol. The second-order valence-electron chi connectivity index (χ2n) is 3.92. The SMILES string of the molecule is CC1CCN(CCF)CC1.CCC. The van der Waals surface area contributed by atoms with Crippen LogP contribution in [0.25, 0.3) is 0 Å². The second kappa shape index (κ2) is 8.49. The highest BCUT2D eigenvalue weighted by molar-refractivity contribution is 4.68. The van der Waals surface area contributed by atoms with Gasteiger partial charge in [0.15, 0.2) is 0 Å². The van der Waals surface area contributed by atoms with Crippen molar-refractivity contribution in [3.05, 3.63) is 0 Å². The maximum atomic E-state index is 11.8. The first kappa shape index (κ1) is 12.9. The first-order chi connectivity index (χ1) is 6.24. The molecule has 1 rings (SSSR count). The molecule has 13 heavy (non-hydrogen) atoms. The standard InChI is InChI=1S/C8H16FN.C3H8/c1-8-2-5-10(6-3-8)7-4-9;1-3-2/h8H,2-7H2,1H3;3H2,1-2H3. The molecule has 1 saturated heterocycles. The van der Waals surface area contributed by atoms with E-state index in [2.05, 4.69) is 25.7 Å². The van der Waals surface area contributed by atoms with Gasteiger partial charge in [0.05, 0.1) is 0 Å². The van der Waals surface area contributed by atoms with Crippen LogP contribution in [0.2, 0.25) is 0 Å². The lowest BCUT2D eigenvalue weighted by atomic mass is 9.99. The lowest BCUT2D eigenvalue weighted by molar-refractivity contribution is 0.180. The van der Waals surface area contributed by atoms with Crippen molar-refractivity contribution in [3.63, 3.8) is 0 Å². The molecule has 1 heterocycles. The molecule has 1 aliphatic rings. The van der Waals surface area contributed by atoms with E-state index in [0.717, 1.165) is 19.0 Å². The van der Waals surface area contributed by atoms with Crippen LogP contribution in [-0.2, 0) is 0 Å². The van der Waals surface area contributed by atoms with Crippen molar-refractivity contribution in [2.75, 3.05) is 26.3 Å². The van der Waals surface area contributed by atoms with Crippen LogP contribution < -0.4 is 0 Å². The smallest absolute Gasteiger partial charge is 0.102 e. The van der Waals surface area contributed by atoms with Crippen LogP contribution >= 0.6 is 0 Å². The Balaban J connectivity index is 0.000000424. The predicted octanol–water partition coefficient (Wildman–Crippen LogP) is 3.10. The van der Waals surface area contributed by atoms with Gasteiger partial charge in [0.25, 0.3) is 0 Å². The molecule has 0 spiro atoms. The van der Waals surface area contributed by atoms with E-state index in [0.29, 0.717) is 6.54 Å². The van der Waals surface area contributed by atoms with Crippen molar-refractivity contribution >= 4 is 0 Å². The minimum absolute atomic E-state index is 0.186. The normalized spacial score (nSPS) is 19.4. The molecule has 0 aromatic rings. The van der Waals surface area contributed by atoms with E-state index in [1.165, 1.54) is 19.3 Å². The molecule has 0 N–H and O–H groups in total. The molecule has 1 fully saturated rings. The summed E-state index contributed by atoms with van der Waals surface area (Å²) >= 11 is 0. The van der Waals surface area contributed by atoms with Crippen molar-refractivity contribution in [1.82, 2.24) is 4.90 Å². The minimum atomic E-state index is -0.186. The summed E-state index contributed by atoms with van der Waals surface area (Å²) in [6.45, 7) is 9.18. The number of hydrogen-bond donors (Lipinski definition) is 0. The molecule has 2 heteroatoms. The molecule has 0 bridgehead atoms. The third kappa shape index (κ3) is 7.00. The van der Waals surface area contributed by atoms with Gasteiger partial charge in [0.2, 0.25) is 0 Å². The summed E-state index contributed by atoms with van der Waals surface area (Å²) in [5, 5.41) is 0. The summed E-state index contributed by atoms with van der Waals surface area (Å²) in [7, 11) is 0. The molecule has 0 amide bonds. The van der Waals surface area contributed by atoms with Crippen LogP contribution in [0.4, 0.5) is 4.39 Å². The Hall–Kier alpha value is -0.110. The number of likely N-dealkylation sites (tertiary alicyclic amines) is 1. The molecule has 1 aliphatic heterocycles. The van der Waals surface area contributed by atoms with Crippen molar-refractivity contribution in [2.24, 2.45) is 5.92 Å². The zero-order valence-electron chi connectivity index (χ0n) is 9.35. The largest absolute Gasteiger partial charge is 0.301 e. The Labute approximate surface area is 82.3 Å². The van der Waals surface area contributed by atoms with Gasteiger partial charge >= 0.3 is 0 Å². The Morgan fingerprint density at radius 3 is 2.08 bits per heavy atom. The van der Waals surface area contributed by atoms with Crippen LogP contribution in [0.3, 0.4) is 0 Å². The fourth-order valence-corrected chi connectivity index (χ4v) is 1.41. The van der Waals surface area contributed by atoms with Gasteiger partial charge in [-0.15, -0.1) is 0 Å². The lowest BCUT2D eigenvalue weighted by Crippen LogP contribution is -2.34. The van der Waals surface area contributed by atoms with Crippen molar-refractivity contribution < 1.29 is 4.39 Å². The van der Waals surface area contributed by atoms with Crippen LogP contribution in [0.1, 0.15) is 40.0 Å². The number of hydrogen-bond acceptors (Lipinski definition) is 1. The molecular formula is C11H24FN. The van der Waals surface area contributed by atoms with E-state index < -0.39 is 0 Å². The van der Waals surface area contributed by atoms with Crippen LogP contribution in [-0.4, -0.2) is 31.2 Å². The summed E-state index contributed by atoms with van der Waals surface area (Å²) in [5.41, 5.74) is 0. The van der Waals surface area contributed by atoms with Gasteiger partial charge in [-0.25, -0.2) is 4.39 Å². The fraction of sp³-hybridized carbons (Fsp3) is 1.00. The van der Waals surface area contributed by atoms with Gasteiger partial charge in [-0.2, -0.15) is 0 Å². The van der Waals surface area contributed by atoms with E-state index in [1.54, 1.807) is 0 Å². The number of alkyl halides is 1. The molecule has 0 saturated carbocycles. The zero-order chi connectivity index (χ0) is 10.1. The van der Waals surface area contributed by atoms with Crippen LogP contribution in [0.15, 0.2) is 0 Å². The summed E-state index contributed by atoms with van der Waals surface area (Å²) in [6, 6.07) is 0. The average Bonchev–Trinajstić information content (AvgIpc) is 2.11. The van der Waals surface area contributed by atoms with E-state index in [4.69, 9.17) is 0 Å². The molecule has 80 valence electrons. The van der Waals surface area contributed by atoms with Crippen molar-refractivity contribution in [1.29, 1.82) is 0 Å². The molecule has 0 unspecified atom stereocenters. The van der Waals surface area contributed by atoms with Gasteiger partial charge in [-0.1, -0.05) is 27.2 Å². The zero-order valence-corrected chi connectivity index (χ0v) is 9.35. The second-order valence-corrected chi connectivity index (χ2v) is 3.92. The number of halogens is 1. The van der Waals surface area contributed by atoms with Gasteiger partial charge in [0, 0.05) is 6.54 Å². The van der Waals surface area contributed by atoms with E-state index in [1.807, 2.05) is 0 Å². The molecule has 0 atom stereocenters. The van der Waals surface area contributed by atoms with Crippen molar-refractivity contribution in [2.45, 2.75) is 40.0 Å². The summed E-state index contributed by atoms with van der Waals surface area (Å²) in [4.78, 5) is 2.21. The van der Waals surface area contributed by atoms with Crippen molar-refractivity contribution in [3.8, 4) is 0 Å². The lowest BCUT2D eigenvalue weighted by Gasteiger charge is -2.29. The number of piperidine rings is 1. The third-order valence-electron chi connectivity index (χ3n) is 2.28. The fourth-order valence-electron chi connectivity index (χ4n) is 1.41. The Morgan fingerprint density at radius 2 is 1.69 bits per heavy atom. The molecule has 0 aromatic carbocycles. The first-order valence-corrected chi connectivity index (χ1v) is 5.52. The number of nitrogens with zero attached hydrogens (tertiary/aromatic N) is 1. The summed E-state index contributed by atoms with van der Waals surface area (Å²) in [6.07, 6.45) is 3.75. The molecular weight excluding hydrogens is 165 g/mol. The quantitative estimate of drug-likeness (QED) is 0.645. The Bertz CT molecular complexity index is 98.3. The van der Waals surface area contributed by atoms with Gasteiger partial charge < -0.3 is 4.90 Å². The maximum Gasteiger partial charge on any atom is 0.102 e. The van der Waals surface area contributed by atoms with E-state index in [9.17, 15) is 4.39 Å². The van der Waals surface area contributed by atoms with Crippen LogP contribution in [0, 0.1) is 5.92 Å². The van der Waals surface area contributed by atoms with Gasteiger partial charge in [-0.05, 0) is 31.8 Å². The third-order valence-corrected chi connectivity index (χ3v) is 2.28. The first-order valence-electron chi connectivity index (χ1n) is 5.52. The Kier molecular flexibility index (Phi) is 8.41. The number of rotatable bonds is 2. The minimum Gasteiger partial charge on any atom is -0.301 e. The van der Waals surface area contributed by atoms with E-state index in [-0.39, 0.29) is 6.67 Å². The monoisotopic (exact) mass is 189 g/mol.